The van der Waals surface area contributed by atoms with Gasteiger partial charge in [0.05, 0.1) is 11.5 Å². The highest BCUT2D eigenvalue weighted by molar-refractivity contribution is 7.86. The Labute approximate surface area is 175 Å². The van der Waals surface area contributed by atoms with Gasteiger partial charge in [-0.05, 0) is 18.6 Å². The molecule has 3 nitrogen and oxygen atoms in total. The minimum Gasteiger partial charge on any atom is -0.266 e. The number of unbranched alkanes of at least 4 members (excludes halogenated alkanes) is 9. The Balaban J connectivity index is 0. The van der Waals surface area contributed by atoms with Crippen LogP contribution < -0.4 is 0 Å². The van der Waals surface area contributed by atoms with Gasteiger partial charge in [0.2, 0.25) is 0 Å². The van der Waals surface area contributed by atoms with Crippen LogP contribution in [0, 0.1) is 0 Å². The fourth-order valence-electron chi connectivity index (χ4n) is 2.41. The van der Waals surface area contributed by atoms with Crippen molar-refractivity contribution in [2.45, 2.75) is 76.0 Å². The zero-order valence-electron chi connectivity index (χ0n) is 13.8. The lowest BCUT2D eigenvalue weighted by Crippen LogP contribution is -2.07. The molecule has 0 aliphatic carbocycles. The first kappa shape index (κ1) is 26.7. The summed E-state index contributed by atoms with van der Waals surface area (Å²) in [5, 5.41) is 0. The number of rotatable bonds is 13. The second-order valence-corrected chi connectivity index (χ2v) is 7.39. The third-order valence-electron chi connectivity index (χ3n) is 3.77. The molecule has 0 saturated carbocycles. The zero-order chi connectivity index (χ0) is 16.1. The molecule has 0 saturated heterocycles. The average Bonchev–Trinajstić information content (AvgIpc) is 2.53. The molecule has 0 heterocycles. The Hall–Kier alpha value is 0.429. The fraction of sp³-hybridized carbons (Fsp3) is 0.667. The molecule has 1 aromatic rings. The maximum absolute atomic E-state index is 11.9. The minimum atomic E-state index is -3.57. The summed E-state index contributed by atoms with van der Waals surface area (Å²) in [4.78, 5) is 0.238. The molecule has 0 aliphatic rings. The SMILES string of the molecule is CCCCCCCCCCCCOS(=O)(=O)c1ccccc1.[AlH3].[MgH2]. The quantitative estimate of drug-likeness (QED) is 0.299. The van der Waals surface area contributed by atoms with Crippen molar-refractivity contribution in [1.29, 1.82) is 0 Å². The van der Waals surface area contributed by atoms with Crippen molar-refractivity contribution in [2.75, 3.05) is 6.61 Å². The van der Waals surface area contributed by atoms with Crippen molar-refractivity contribution in [2.24, 2.45) is 0 Å². The van der Waals surface area contributed by atoms with E-state index in [1.54, 1.807) is 30.3 Å². The van der Waals surface area contributed by atoms with Gasteiger partial charge in [-0.1, -0.05) is 82.9 Å². The molecule has 0 bridgehead atoms. The van der Waals surface area contributed by atoms with E-state index >= 15 is 0 Å². The molecule has 0 radical (unpaired) electrons. The summed E-state index contributed by atoms with van der Waals surface area (Å²) in [5.74, 6) is 0. The summed E-state index contributed by atoms with van der Waals surface area (Å²) in [6.07, 6.45) is 12.3. The highest BCUT2D eigenvalue weighted by Crippen LogP contribution is 2.13. The van der Waals surface area contributed by atoms with Crippen molar-refractivity contribution >= 4 is 50.5 Å². The van der Waals surface area contributed by atoms with E-state index < -0.39 is 10.1 Å². The minimum absolute atomic E-state index is 0. The Morgan fingerprint density at radius 1 is 0.792 bits per heavy atom. The summed E-state index contributed by atoms with van der Waals surface area (Å²) in [6.45, 7) is 2.52. The number of hydrogen-bond acceptors (Lipinski definition) is 3. The second kappa shape index (κ2) is 16.9. The highest BCUT2D eigenvalue weighted by Gasteiger charge is 2.13. The molecule has 0 amide bonds. The molecule has 1 rings (SSSR count). The van der Waals surface area contributed by atoms with E-state index in [4.69, 9.17) is 4.18 Å². The van der Waals surface area contributed by atoms with E-state index in [1.165, 1.54) is 51.4 Å². The van der Waals surface area contributed by atoms with Crippen LogP contribution in [0.2, 0.25) is 0 Å². The molecule has 0 N–H and O–H groups in total. The van der Waals surface area contributed by atoms with Gasteiger partial charge in [0, 0.05) is 0 Å². The van der Waals surface area contributed by atoms with Crippen LogP contribution in [0.15, 0.2) is 35.2 Å². The molecule has 1 aromatic carbocycles. The van der Waals surface area contributed by atoms with E-state index in [-0.39, 0.29) is 51.9 Å². The Morgan fingerprint density at radius 2 is 1.25 bits per heavy atom. The Morgan fingerprint density at radius 3 is 1.75 bits per heavy atom. The number of hydrogen-bond donors (Lipinski definition) is 0. The van der Waals surface area contributed by atoms with Crippen molar-refractivity contribution in [3.8, 4) is 0 Å². The van der Waals surface area contributed by atoms with Gasteiger partial charge >= 0.3 is 23.1 Å². The third kappa shape index (κ3) is 12.7. The van der Waals surface area contributed by atoms with Gasteiger partial charge in [-0.2, -0.15) is 8.42 Å². The molecule has 0 spiro atoms. The molecule has 24 heavy (non-hydrogen) atoms. The molecule has 0 unspecified atom stereocenters. The first-order valence-corrected chi connectivity index (χ1v) is 10.0. The second-order valence-electron chi connectivity index (χ2n) is 5.77. The first-order valence-electron chi connectivity index (χ1n) is 8.61. The van der Waals surface area contributed by atoms with Crippen LogP contribution in [-0.4, -0.2) is 55.4 Å². The zero-order valence-corrected chi connectivity index (χ0v) is 14.6. The normalized spacial score (nSPS) is 10.7. The summed E-state index contributed by atoms with van der Waals surface area (Å²) in [7, 11) is -3.57. The van der Waals surface area contributed by atoms with Gasteiger partial charge in [0.1, 0.15) is 0 Å². The molecule has 0 atom stereocenters. The average molecular weight is 383 g/mol. The monoisotopic (exact) mass is 382 g/mol. The molecule has 0 aromatic heterocycles. The summed E-state index contributed by atoms with van der Waals surface area (Å²) in [5.41, 5.74) is 0. The lowest BCUT2D eigenvalue weighted by Gasteiger charge is -2.05. The number of benzene rings is 1. The first-order chi connectivity index (χ1) is 10.7. The van der Waals surface area contributed by atoms with Crippen LogP contribution >= 0.6 is 0 Å². The molecular formula is C18H35AlMgO3S. The van der Waals surface area contributed by atoms with Crippen LogP contribution in [0.5, 0.6) is 0 Å². The van der Waals surface area contributed by atoms with E-state index in [2.05, 4.69) is 6.92 Å². The van der Waals surface area contributed by atoms with Crippen LogP contribution in [0.25, 0.3) is 0 Å². The summed E-state index contributed by atoms with van der Waals surface area (Å²) < 4.78 is 28.8. The van der Waals surface area contributed by atoms with Gasteiger partial charge in [-0.15, -0.1) is 0 Å². The van der Waals surface area contributed by atoms with Gasteiger partial charge in [-0.25, -0.2) is 0 Å². The summed E-state index contributed by atoms with van der Waals surface area (Å²) in [6, 6.07) is 8.33. The van der Waals surface area contributed by atoms with Crippen molar-refractivity contribution in [3.63, 3.8) is 0 Å². The van der Waals surface area contributed by atoms with Gasteiger partial charge in [0.25, 0.3) is 10.1 Å². The smallest absolute Gasteiger partial charge is 0.266 e. The largest absolute Gasteiger partial charge is 0.316 e. The van der Waals surface area contributed by atoms with Gasteiger partial charge < -0.3 is 0 Å². The maximum Gasteiger partial charge on any atom is 0.316 e. The van der Waals surface area contributed by atoms with Crippen molar-refractivity contribution in [3.05, 3.63) is 30.3 Å². The Kier molecular flexibility index (Phi) is 18.7. The van der Waals surface area contributed by atoms with Crippen LogP contribution in [0.1, 0.15) is 71.1 Å². The van der Waals surface area contributed by atoms with E-state index in [0.29, 0.717) is 0 Å². The standard InChI is InChI=1S/C18H30O3S.Al.Mg.5H/c1-2-3-4-5-6-7-8-9-10-14-17-21-22(19,20)18-15-12-11-13-16-18;;;;;;;/h11-13,15-16H,2-10,14,17H2,1H3;;;;;;;. The highest BCUT2D eigenvalue weighted by atomic mass is 32.2. The van der Waals surface area contributed by atoms with Gasteiger partial charge in [0.15, 0.2) is 17.4 Å². The predicted octanol–water partition coefficient (Wildman–Crippen LogP) is 3.21. The molecule has 6 heteroatoms. The van der Waals surface area contributed by atoms with E-state index in [0.717, 1.165) is 12.8 Å². The lowest BCUT2D eigenvalue weighted by atomic mass is 10.1. The Bertz CT molecular complexity index is 480. The van der Waals surface area contributed by atoms with Crippen molar-refractivity contribution in [1.82, 2.24) is 0 Å². The molecular weight excluding hydrogens is 348 g/mol. The molecule has 136 valence electrons. The van der Waals surface area contributed by atoms with Crippen molar-refractivity contribution < 1.29 is 12.6 Å². The fourth-order valence-corrected chi connectivity index (χ4v) is 3.38. The van der Waals surface area contributed by atoms with Crippen LogP contribution in [0.3, 0.4) is 0 Å². The van der Waals surface area contributed by atoms with Crippen LogP contribution in [-0.2, 0) is 14.3 Å². The van der Waals surface area contributed by atoms with Crippen LogP contribution in [0.4, 0.5) is 0 Å². The predicted molar refractivity (Wildman–Crippen MR) is 110 cm³/mol. The maximum atomic E-state index is 11.9. The van der Waals surface area contributed by atoms with E-state index in [9.17, 15) is 8.42 Å². The lowest BCUT2D eigenvalue weighted by molar-refractivity contribution is 0.306. The topological polar surface area (TPSA) is 43.4 Å². The third-order valence-corrected chi connectivity index (χ3v) is 5.09. The van der Waals surface area contributed by atoms with Gasteiger partial charge in [-0.3, -0.25) is 4.18 Å². The summed E-state index contributed by atoms with van der Waals surface area (Å²) >= 11 is 0. The molecule has 0 fully saturated rings. The molecule has 0 aliphatic heterocycles. The van der Waals surface area contributed by atoms with E-state index in [1.807, 2.05) is 0 Å².